The largest absolute Gasteiger partial charge is 0.445 e. The number of sulfonamides is 1. The molecule has 0 saturated heterocycles. The van der Waals surface area contributed by atoms with Gasteiger partial charge in [0, 0.05) is 11.0 Å². The number of nitrogens with one attached hydrogen (secondary N) is 1. The summed E-state index contributed by atoms with van der Waals surface area (Å²) in [5.41, 5.74) is 6.95. The van der Waals surface area contributed by atoms with Gasteiger partial charge in [0.2, 0.25) is 15.9 Å². The first-order chi connectivity index (χ1) is 9.83. The van der Waals surface area contributed by atoms with Gasteiger partial charge in [-0.3, -0.25) is 0 Å². The van der Waals surface area contributed by atoms with E-state index >= 15 is 0 Å². The predicted molar refractivity (Wildman–Crippen MR) is 82.0 cm³/mol. The van der Waals surface area contributed by atoms with Crippen LogP contribution in [0.2, 0.25) is 0 Å². The Morgan fingerprint density at radius 1 is 1.38 bits per heavy atom. The number of hydrogen-bond donors (Lipinski definition) is 2. The van der Waals surface area contributed by atoms with E-state index in [9.17, 15) is 8.42 Å². The summed E-state index contributed by atoms with van der Waals surface area (Å²) in [5.74, 6) is 0.955. The highest BCUT2D eigenvalue weighted by atomic mass is 79.9. The van der Waals surface area contributed by atoms with Gasteiger partial charge in [0.15, 0.2) is 0 Å². The van der Waals surface area contributed by atoms with Crippen LogP contribution in [0.4, 0.5) is 0 Å². The molecule has 0 saturated carbocycles. The molecule has 1 aromatic heterocycles. The number of nitrogens with zero attached hydrogens (tertiary/aromatic N) is 1. The van der Waals surface area contributed by atoms with Crippen molar-refractivity contribution in [2.45, 2.75) is 31.8 Å². The van der Waals surface area contributed by atoms with Crippen molar-refractivity contribution in [1.29, 1.82) is 0 Å². The molecule has 2 aromatic rings. The molecular weight excluding hydrogens is 358 g/mol. The molecule has 1 heterocycles. The van der Waals surface area contributed by atoms with Gasteiger partial charge in [-0.25, -0.2) is 18.1 Å². The highest BCUT2D eigenvalue weighted by Crippen LogP contribution is 2.25. The molecule has 0 aliphatic carbocycles. The molecule has 21 heavy (non-hydrogen) atoms. The Hall–Kier alpha value is -1.22. The average molecular weight is 374 g/mol. The molecule has 0 unspecified atom stereocenters. The van der Waals surface area contributed by atoms with E-state index in [4.69, 9.17) is 10.2 Å². The number of aryl methyl sites for hydroxylation is 1. The van der Waals surface area contributed by atoms with Crippen molar-refractivity contribution >= 4 is 26.0 Å². The molecule has 3 N–H and O–H groups in total. The van der Waals surface area contributed by atoms with Crippen molar-refractivity contribution in [2.75, 3.05) is 0 Å². The summed E-state index contributed by atoms with van der Waals surface area (Å²) in [7, 11) is -3.67. The van der Waals surface area contributed by atoms with Gasteiger partial charge in [-0.15, -0.1) is 0 Å². The molecule has 0 bridgehead atoms. The Morgan fingerprint density at radius 2 is 2.10 bits per heavy atom. The summed E-state index contributed by atoms with van der Waals surface area (Å²) in [6, 6.07) is 3.38. The highest BCUT2D eigenvalue weighted by molar-refractivity contribution is 9.10. The lowest BCUT2D eigenvalue weighted by Gasteiger charge is -2.11. The van der Waals surface area contributed by atoms with E-state index in [-0.39, 0.29) is 18.0 Å². The van der Waals surface area contributed by atoms with Crippen LogP contribution in [0.1, 0.15) is 22.8 Å². The quantitative estimate of drug-likeness (QED) is 0.834. The monoisotopic (exact) mass is 373 g/mol. The molecule has 0 atom stereocenters. The van der Waals surface area contributed by atoms with Crippen molar-refractivity contribution < 1.29 is 12.8 Å². The minimum atomic E-state index is -3.67. The molecule has 0 aliphatic heterocycles. The summed E-state index contributed by atoms with van der Waals surface area (Å²) in [6.45, 7) is 3.74. The molecule has 0 radical (unpaired) electrons. The van der Waals surface area contributed by atoms with Gasteiger partial charge in [-0.1, -0.05) is 15.9 Å². The first-order valence-corrected chi connectivity index (χ1v) is 8.51. The summed E-state index contributed by atoms with van der Waals surface area (Å²) in [4.78, 5) is 4.16. The number of aromatic nitrogens is 1. The third-order valence-corrected chi connectivity index (χ3v) is 5.32. The van der Waals surface area contributed by atoms with Crippen LogP contribution < -0.4 is 10.5 Å². The summed E-state index contributed by atoms with van der Waals surface area (Å²) in [5, 5.41) is 0. The lowest BCUT2D eigenvalue weighted by molar-refractivity contribution is 0.463. The molecule has 0 spiro atoms. The third-order valence-electron chi connectivity index (χ3n) is 2.96. The Morgan fingerprint density at radius 3 is 2.67 bits per heavy atom. The second-order valence-electron chi connectivity index (χ2n) is 4.59. The standard InChI is InChI=1S/C13H16BrN3O3S/c1-8-6-16-13(20-8)7-17-21(18,19)12-4-10(5-15)3-11(14)9(12)2/h3-4,6,17H,5,7,15H2,1-2H3. The number of rotatable bonds is 5. The Kier molecular flexibility index (Phi) is 4.82. The zero-order valence-electron chi connectivity index (χ0n) is 11.7. The number of benzene rings is 1. The molecule has 0 amide bonds. The van der Waals surface area contributed by atoms with Gasteiger partial charge >= 0.3 is 0 Å². The van der Waals surface area contributed by atoms with Crippen LogP contribution in [-0.4, -0.2) is 13.4 Å². The van der Waals surface area contributed by atoms with Gasteiger partial charge in [-0.2, -0.15) is 0 Å². The second kappa shape index (κ2) is 6.27. The maximum absolute atomic E-state index is 12.4. The van der Waals surface area contributed by atoms with E-state index in [1.165, 1.54) is 0 Å². The second-order valence-corrected chi connectivity index (χ2v) is 7.18. The number of halogens is 1. The minimum Gasteiger partial charge on any atom is -0.445 e. The van der Waals surface area contributed by atoms with Crippen LogP contribution >= 0.6 is 15.9 Å². The fourth-order valence-corrected chi connectivity index (χ4v) is 3.75. The topological polar surface area (TPSA) is 98.2 Å². The molecular formula is C13H16BrN3O3S. The van der Waals surface area contributed by atoms with Crippen LogP contribution in [0, 0.1) is 13.8 Å². The Balaban J connectivity index is 2.29. The lowest BCUT2D eigenvalue weighted by atomic mass is 10.1. The van der Waals surface area contributed by atoms with Gasteiger partial charge < -0.3 is 10.2 Å². The van der Waals surface area contributed by atoms with Crippen molar-refractivity contribution in [1.82, 2.24) is 9.71 Å². The van der Waals surface area contributed by atoms with Crippen molar-refractivity contribution in [3.63, 3.8) is 0 Å². The molecule has 2 rings (SSSR count). The predicted octanol–water partition coefficient (Wildman–Crippen LogP) is 1.99. The molecule has 8 heteroatoms. The van der Waals surface area contributed by atoms with Crippen LogP contribution in [0.25, 0.3) is 0 Å². The molecule has 1 aromatic carbocycles. The number of hydrogen-bond acceptors (Lipinski definition) is 5. The first kappa shape index (κ1) is 16.2. The zero-order chi connectivity index (χ0) is 15.6. The number of nitrogens with two attached hydrogens (primary N) is 1. The van der Waals surface area contributed by atoms with Gasteiger partial charge in [-0.05, 0) is 37.1 Å². The van der Waals surface area contributed by atoms with Gasteiger partial charge in [0.25, 0.3) is 0 Å². The Bertz CT molecular complexity index is 756. The average Bonchev–Trinajstić information content (AvgIpc) is 2.85. The van der Waals surface area contributed by atoms with Crippen LogP contribution in [-0.2, 0) is 23.1 Å². The third kappa shape index (κ3) is 3.70. The van der Waals surface area contributed by atoms with E-state index in [2.05, 4.69) is 25.6 Å². The molecule has 0 aliphatic rings. The van der Waals surface area contributed by atoms with E-state index in [0.29, 0.717) is 21.7 Å². The summed E-state index contributed by atoms with van der Waals surface area (Å²) < 4.78 is 33.3. The van der Waals surface area contributed by atoms with Crippen LogP contribution in [0.3, 0.4) is 0 Å². The maximum Gasteiger partial charge on any atom is 0.241 e. The highest BCUT2D eigenvalue weighted by Gasteiger charge is 2.20. The molecule has 6 nitrogen and oxygen atoms in total. The zero-order valence-corrected chi connectivity index (χ0v) is 14.1. The fraction of sp³-hybridized carbons (Fsp3) is 0.308. The van der Waals surface area contributed by atoms with Gasteiger partial charge in [0.1, 0.15) is 5.76 Å². The van der Waals surface area contributed by atoms with Crippen molar-refractivity contribution in [2.24, 2.45) is 5.73 Å². The lowest BCUT2D eigenvalue weighted by Crippen LogP contribution is -2.24. The van der Waals surface area contributed by atoms with Gasteiger partial charge in [0.05, 0.1) is 17.6 Å². The Labute approximate surface area is 131 Å². The van der Waals surface area contributed by atoms with Crippen molar-refractivity contribution in [3.05, 3.63) is 45.6 Å². The fourth-order valence-electron chi connectivity index (χ4n) is 1.82. The van der Waals surface area contributed by atoms with Crippen molar-refractivity contribution in [3.8, 4) is 0 Å². The van der Waals surface area contributed by atoms with E-state index in [0.717, 1.165) is 5.56 Å². The van der Waals surface area contributed by atoms with E-state index < -0.39 is 10.0 Å². The minimum absolute atomic E-state index is 0.0000843. The molecule has 114 valence electrons. The first-order valence-electron chi connectivity index (χ1n) is 6.23. The summed E-state index contributed by atoms with van der Waals surface area (Å²) in [6.07, 6.45) is 1.54. The SMILES string of the molecule is Cc1cnc(CNS(=O)(=O)c2cc(CN)cc(Br)c2C)o1. The maximum atomic E-state index is 12.4. The smallest absolute Gasteiger partial charge is 0.241 e. The van der Waals surface area contributed by atoms with E-state index in [1.807, 2.05) is 6.07 Å². The molecule has 0 fully saturated rings. The summed E-state index contributed by atoms with van der Waals surface area (Å²) >= 11 is 3.35. The number of oxazole rings is 1. The van der Waals surface area contributed by atoms with Crippen LogP contribution in [0.5, 0.6) is 0 Å². The van der Waals surface area contributed by atoms with E-state index in [1.54, 1.807) is 26.1 Å². The normalized spacial score (nSPS) is 11.8. The van der Waals surface area contributed by atoms with Crippen LogP contribution in [0.15, 0.2) is 32.1 Å².